The van der Waals surface area contributed by atoms with Crippen LogP contribution in [0, 0.1) is 0 Å². The number of hydrogen-bond donors (Lipinski definition) is 2. The Morgan fingerprint density at radius 1 is 0.789 bits per heavy atom. The van der Waals surface area contributed by atoms with Gasteiger partial charge in [0, 0.05) is 8.95 Å². The third-order valence-electron chi connectivity index (χ3n) is 2.53. The van der Waals surface area contributed by atoms with Crippen molar-refractivity contribution < 1.29 is 8.42 Å². The lowest BCUT2D eigenvalue weighted by Crippen LogP contribution is -2.10. The normalized spacial score (nSPS) is 11.5. The van der Waals surface area contributed by atoms with Crippen molar-refractivity contribution in [3.05, 3.63) is 45.3 Å². The Morgan fingerprint density at radius 2 is 1.21 bits per heavy atom. The van der Waals surface area contributed by atoms with Crippen LogP contribution in [0.15, 0.2) is 55.1 Å². The van der Waals surface area contributed by atoms with Gasteiger partial charge in [0.2, 0.25) is 9.84 Å². The maximum Gasteiger partial charge on any atom is 0.212 e. The summed E-state index contributed by atoms with van der Waals surface area (Å²) in [6.45, 7) is 0. The number of anilines is 2. The van der Waals surface area contributed by atoms with E-state index in [-0.39, 0.29) is 21.2 Å². The lowest BCUT2D eigenvalue weighted by molar-refractivity contribution is 0.596. The molecule has 0 bridgehead atoms. The Hall–Kier alpha value is -1.05. The van der Waals surface area contributed by atoms with Crippen LogP contribution in [-0.4, -0.2) is 8.42 Å². The highest BCUT2D eigenvalue weighted by molar-refractivity contribution is 9.11. The monoisotopic (exact) mass is 404 g/mol. The highest BCUT2D eigenvalue weighted by Crippen LogP contribution is 2.38. The summed E-state index contributed by atoms with van der Waals surface area (Å²) in [5.74, 6) is 0. The third kappa shape index (κ3) is 2.50. The smallest absolute Gasteiger partial charge is 0.212 e. The molecule has 2 aromatic rings. The number of nitrogens with two attached hydrogens (primary N) is 2. The summed E-state index contributed by atoms with van der Waals surface area (Å²) >= 11 is 6.48. The van der Waals surface area contributed by atoms with Gasteiger partial charge in [0.15, 0.2) is 0 Å². The predicted octanol–water partition coefficient (Wildman–Crippen LogP) is 3.21. The molecule has 4 nitrogen and oxygen atoms in total. The van der Waals surface area contributed by atoms with Crippen LogP contribution in [0.4, 0.5) is 11.4 Å². The van der Waals surface area contributed by atoms with Crippen LogP contribution >= 0.6 is 31.9 Å². The molecule has 0 aromatic heterocycles. The van der Waals surface area contributed by atoms with Crippen LogP contribution in [0.25, 0.3) is 0 Å². The van der Waals surface area contributed by atoms with Gasteiger partial charge in [-0.05, 0) is 56.1 Å². The van der Waals surface area contributed by atoms with Gasteiger partial charge < -0.3 is 11.5 Å². The molecule has 0 aliphatic carbocycles. The molecule has 0 saturated heterocycles. The van der Waals surface area contributed by atoms with Gasteiger partial charge in [0.05, 0.1) is 11.4 Å². The summed E-state index contributed by atoms with van der Waals surface area (Å²) in [6, 6.07) is 9.64. The molecule has 0 atom stereocenters. The van der Waals surface area contributed by atoms with Gasteiger partial charge in [0.1, 0.15) is 9.79 Å². The minimum Gasteiger partial charge on any atom is -0.398 e. The summed E-state index contributed by atoms with van der Waals surface area (Å²) in [5.41, 5.74) is 11.8. The Morgan fingerprint density at radius 3 is 1.68 bits per heavy atom. The van der Waals surface area contributed by atoms with Gasteiger partial charge in [-0.3, -0.25) is 0 Å². The number of sulfone groups is 1. The van der Waals surface area contributed by atoms with E-state index in [0.29, 0.717) is 8.95 Å². The fraction of sp³-hybridized carbons (Fsp3) is 0. The molecule has 7 heteroatoms. The van der Waals surface area contributed by atoms with Crippen LogP contribution < -0.4 is 11.5 Å². The van der Waals surface area contributed by atoms with E-state index in [1.54, 1.807) is 24.3 Å². The standard InChI is InChI=1S/C12H10Br2N2O2S/c13-7-3-1-4-8(14)11(7)19(17,18)12-9(15)5-2-6-10(12)16/h1-6H,15-16H2. The molecule has 2 rings (SSSR count). The van der Waals surface area contributed by atoms with E-state index in [0.717, 1.165) is 0 Å². The zero-order valence-electron chi connectivity index (χ0n) is 9.60. The first-order chi connectivity index (χ1) is 8.85. The number of benzene rings is 2. The minimum absolute atomic E-state index is 0.0670. The van der Waals surface area contributed by atoms with Gasteiger partial charge in [0.25, 0.3) is 0 Å². The van der Waals surface area contributed by atoms with E-state index in [1.165, 1.54) is 12.1 Å². The molecule has 0 fully saturated rings. The van der Waals surface area contributed by atoms with Crippen molar-refractivity contribution in [3.8, 4) is 0 Å². The van der Waals surface area contributed by atoms with E-state index in [1.807, 2.05) is 0 Å². The molecule has 0 amide bonds. The van der Waals surface area contributed by atoms with Crippen LogP contribution in [0.5, 0.6) is 0 Å². The van der Waals surface area contributed by atoms with Crippen LogP contribution in [0.2, 0.25) is 0 Å². The van der Waals surface area contributed by atoms with E-state index < -0.39 is 9.84 Å². The van der Waals surface area contributed by atoms with Crippen LogP contribution in [0.3, 0.4) is 0 Å². The first kappa shape index (κ1) is 14.4. The SMILES string of the molecule is Nc1cccc(N)c1S(=O)(=O)c1c(Br)cccc1Br. The molecule has 0 saturated carbocycles. The first-order valence-electron chi connectivity index (χ1n) is 5.18. The Balaban J connectivity index is 2.81. The summed E-state index contributed by atoms with van der Waals surface area (Å²) in [7, 11) is -3.81. The largest absolute Gasteiger partial charge is 0.398 e. The van der Waals surface area contributed by atoms with Gasteiger partial charge in [-0.25, -0.2) is 8.42 Å². The van der Waals surface area contributed by atoms with Gasteiger partial charge in [-0.15, -0.1) is 0 Å². The molecule has 4 N–H and O–H groups in total. The topological polar surface area (TPSA) is 86.2 Å². The van der Waals surface area contributed by atoms with Crippen molar-refractivity contribution in [2.24, 2.45) is 0 Å². The summed E-state index contributed by atoms with van der Waals surface area (Å²) in [4.78, 5) is 0.0437. The molecule has 2 aromatic carbocycles. The minimum atomic E-state index is -3.81. The Labute approximate surface area is 128 Å². The van der Waals surface area contributed by atoms with E-state index in [2.05, 4.69) is 31.9 Å². The molecule has 0 aliphatic rings. The maximum atomic E-state index is 12.7. The second-order valence-electron chi connectivity index (χ2n) is 3.82. The average molecular weight is 406 g/mol. The summed E-state index contributed by atoms with van der Waals surface area (Å²) in [5, 5.41) is 0. The van der Waals surface area contributed by atoms with Crippen molar-refractivity contribution in [1.82, 2.24) is 0 Å². The molecule has 0 heterocycles. The lowest BCUT2D eigenvalue weighted by Gasteiger charge is -2.12. The van der Waals surface area contributed by atoms with Crippen molar-refractivity contribution in [3.63, 3.8) is 0 Å². The number of nitrogen functional groups attached to an aromatic ring is 2. The molecular formula is C12H10Br2N2O2S. The fourth-order valence-corrected chi connectivity index (χ4v) is 5.61. The number of rotatable bonds is 2. The lowest BCUT2D eigenvalue weighted by atomic mass is 10.3. The van der Waals surface area contributed by atoms with Crippen molar-refractivity contribution in [2.45, 2.75) is 9.79 Å². The quantitative estimate of drug-likeness (QED) is 0.751. The Kier molecular flexibility index (Phi) is 3.89. The zero-order valence-corrected chi connectivity index (χ0v) is 13.6. The van der Waals surface area contributed by atoms with Gasteiger partial charge in [-0.1, -0.05) is 12.1 Å². The fourth-order valence-electron chi connectivity index (χ4n) is 1.73. The number of hydrogen-bond acceptors (Lipinski definition) is 4. The van der Waals surface area contributed by atoms with Gasteiger partial charge >= 0.3 is 0 Å². The molecule has 0 unspecified atom stereocenters. The zero-order chi connectivity index (χ0) is 14.2. The first-order valence-corrected chi connectivity index (χ1v) is 8.25. The van der Waals surface area contributed by atoms with Crippen molar-refractivity contribution >= 4 is 53.1 Å². The molecule has 0 spiro atoms. The average Bonchev–Trinajstić information content (AvgIpc) is 2.27. The molecule has 19 heavy (non-hydrogen) atoms. The van der Waals surface area contributed by atoms with E-state index >= 15 is 0 Å². The molecule has 0 radical (unpaired) electrons. The molecular weight excluding hydrogens is 396 g/mol. The van der Waals surface area contributed by atoms with Crippen molar-refractivity contribution in [2.75, 3.05) is 11.5 Å². The second-order valence-corrected chi connectivity index (χ2v) is 7.35. The second kappa shape index (κ2) is 5.15. The third-order valence-corrected chi connectivity index (χ3v) is 6.37. The van der Waals surface area contributed by atoms with Crippen LogP contribution in [0.1, 0.15) is 0 Å². The van der Waals surface area contributed by atoms with Crippen molar-refractivity contribution in [1.29, 1.82) is 0 Å². The summed E-state index contributed by atoms with van der Waals surface area (Å²) < 4.78 is 26.3. The highest BCUT2D eigenvalue weighted by Gasteiger charge is 2.27. The summed E-state index contributed by atoms with van der Waals surface area (Å²) in [6.07, 6.45) is 0. The molecule has 0 aliphatic heterocycles. The molecule has 100 valence electrons. The predicted molar refractivity (Wildman–Crippen MR) is 82.6 cm³/mol. The maximum absolute atomic E-state index is 12.7. The van der Waals surface area contributed by atoms with E-state index in [4.69, 9.17) is 11.5 Å². The highest BCUT2D eigenvalue weighted by atomic mass is 79.9. The Bertz CT molecular complexity index is 647. The van der Waals surface area contributed by atoms with Gasteiger partial charge in [-0.2, -0.15) is 0 Å². The van der Waals surface area contributed by atoms with E-state index in [9.17, 15) is 8.42 Å². The number of halogens is 2. The van der Waals surface area contributed by atoms with Crippen LogP contribution in [-0.2, 0) is 9.84 Å².